The Morgan fingerprint density at radius 2 is 1.86 bits per heavy atom. The molecule has 3 heterocycles. The van der Waals surface area contributed by atoms with Gasteiger partial charge in [-0.25, -0.2) is 8.42 Å². The molecule has 0 saturated carbocycles. The van der Waals surface area contributed by atoms with Crippen LogP contribution >= 0.6 is 0 Å². The van der Waals surface area contributed by atoms with Gasteiger partial charge in [0, 0.05) is 37.6 Å². The second-order valence-corrected chi connectivity index (χ2v) is 11.3. The Morgan fingerprint density at radius 1 is 1.11 bits per heavy atom. The molecule has 2 aliphatic heterocycles. The van der Waals surface area contributed by atoms with Crippen molar-refractivity contribution in [2.75, 3.05) is 33.4 Å². The minimum absolute atomic E-state index is 0.0395. The maximum atomic E-state index is 13.7. The molecule has 1 amide bonds. The van der Waals surface area contributed by atoms with E-state index in [1.807, 2.05) is 11.0 Å². The first-order chi connectivity index (χ1) is 16.8. The largest absolute Gasteiger partial charge is 0.497 e. The molecular weight excluding hydrogens is 466 g/mol. The number of fused-ring (bicyclic) bond motifs is 1. The van der Waals surface area contributed by atoms with Gasteiger partial charge in [-0.3, -0.25) is 4.79 Å². The van der Waals surface area contributed by atoms with Gasteiger partial charge in [0.15, 0.2) is 0 Å². The van der Waals surface area contributed by atoms with Crippen LogP contribution in [0.4, 0.5) is 0 Å². The molecule has 35 heavy (non-hydrogen) atoms. The number of benzene rings is 1. The van der Waals surface area contributed by atoms with Gasteiger partial charge >= 0.3 is 0 Å². The first-order valence-electron chi connectivity index (χ1n) is 12.5. The molecule has 0 radical (unpaired) electrons. The maximum absolute atomic E-state index is 13.7. The number of carbonyl (C=O) groups is 1. The summed E-state index contributed by atoms with van der Waals surface area (Å²) in [6, 6.07) is 7.36. The summed E-state index contributed by atoms with van der Waals surface area (Å²) in [6.07, 6.45) is 5.37. The van der Waals surface area contributed by atoms with Crippen molar-refractivity contribution < 1.29 is 22.7 Å². The molecule has 2 aromatic rings. The van der Waals surface area contributed by atoms with Gasteiger partial charge in [0.2, 0.25) is 15.9 Å². The number of carbonyl (C=O) groups excluding carboxylic acids is 1. The van der Waals surface area contributed by atoms with Crippen LogP contribution < -0.4 is 4.74 Å². The maximum Gasteiger partial charge on any atom is 0.249 e. The zero-order valence-electron chi connectivity index (χ0n) is 21.2. The average Bonchev–Trinajstić information content (AvgIpc) is 3.32. The fourth-order valence-corrected chi connectivity index (χ4v) is 7.66. The number of piperidine rings is 1. The minimum Gasteiger partial charge on any atom is -0.497 e. The predicted octanol–water partition coefficient (Wildman–Crippen LogP) is 3.67. The molecule has 0 bridgehead atoms. The van der Waals surface area contributed by atoms with Crippen LogP contribution in [0.5, 0.6) is 5.75 Å². The number of hydrogen-bond acceptors (Lipinski definition) is 5. The molecule has 9 heteroatoms. The number of methoxy groups -OCH3 is 1. The standard InChI is InChI=1S/C26H37N3O5S/c1-5-23-24-10-8-11-27(24)13-14-28(23)25(30)18-34-17-21-9-6-7-12-29(21)35(31,32)26-19(2)15-22(33-4)16-20(26)3/h8,10-11,15-16,21,23H,5-7,9,12-14,17-18H2,1-4H3. The highest BCUT2D eigenvalue weighted by molar-refractivity contribution is 7.89. The Morgan fingerprint density at radius 3 is 2.54 bits per heavy atom. The van der Waals surface area contributed by atoms with Crippen LogP contribution in [0.3, 0.4) is 0 Å². The lowest BCUT2D eigenvalue weighted by molar-refractivity contribution is -0.140. The average molecular weight is 504 g/mol. The summed E-state index contributed by atoms with van der Waals surface area (Å²) in [7, 11) is -2.13. The molecule has 2 atom stereocenters. The summed E-state index contributed by atoms with van der Waals surface area (Å²) >= 11 is 0. The van der Waals surface area contributed by atoms with E-state index >= 15 is 0 Å². The third-order valence-corrected chi connectivity index (χ3v) is 9.47. The number of rotatable bonds is 8. The Kier molecular flexibility index (Phi) is 7.88. The number of ether oxygens (including phenoxy) is 2. The molecule has 1 aromatic carbocycles. The van der Waals surface area contributed by atoms with Crippen LogP contribution in [-0.2, 0) is 26.1 Å². The number of nitrogens with zero attached hydrogens (tertiary/aromatic N) is 3. The zero-order chi connectivity index (χ0) is 25.2. The van der Waals surface area contributed by atoms with Gasteiger partial charge in [-0.2, -0.15) is 4.31 Å². The predicted molar refractivity (Wildman–Crippen MR) is 134 cm³/mol. The first kappa shape index (κ1) is 25.7. The summed E-state index contributed by atoms with van der Waals surface area (Å²) in [4.78, 5) is 15.3. The van der Waals surface area contributed by atoms with E-state index in [-0.39, 0.29) is 31.2 Å². The summed E-state index contributed by atoms with van der Waals surface area (Å²) in [5.41, 5.74) is 2.49. The molecule has 4 rings (SSSR count). The highest BCUT2D eigenvalue weighted by Crippen LogP contribution is 2.32. The van der Waals surface area contributed by atoms with Crippen molar-refractivity contribution in [3.05, 3.63) is 47.3 Å². The minimum atomic E-state index is -3.71. The smallest absolute Gasteiger partial charge is 0.249 e. The van der Waals surface area contributed by atoms with Crippen LogP contribution in [0.2, 0.25) is 0 Å². The lowest BCUT2D eigenvalue weighted by Crippen LogP contribution is -2.47. The summed E-state index contributed by atoms with van der Waals surface area (Å²) in [5.74, 6) is 0.600. The molecule has 0 spiro atoms. The van der Waals surface area contributed by atoms with Crippen molar-refractivity contribution in [2.24, 2.45) is 0 Å². The molecule has 2 unspecified atom stereocenters. The van der Waals surface area contributed by atoms with Crippen LogP contribution in [-0.4, -0.2) is 67.6 Å². The van der Waals surface area contributed by atoms with Crippen molar-refractivity contribution in [3.8, 4) is 5.75 Å². The van der Waals surface area contributed by atoms with Crippen molar-refractivity contribution in [3.63, 3.8) is 0 Å². The van der Waals surface area contributed by atoms with Gasteiger partial charge in [-0.1, -0.05) is 13.3 Å². The molecule has 192 valence electrons. The summed E-state index contributed by atoms with van der Waals surface area (Å²) in [5, 5.41) is 0. The summed E-state index contributed by atoms with van der Waals surface area (Å²) < 4.78 is 42.4. The van der Waals surface area contributed by atoms with Gasteiger partial charge in [0.05, 0.1) is 24.7 Å². The fraction of sp³-hybridized carbons (Fsp3) is 0.577. The Hall–Kier alpha value is -2.36. The van der Waals surface area contributed by atoms with Crippen LogP contribution in [0, 0.1) is 13.8 Å². The van der Waals surface area contributed by atoms with E-state index in [0.717, 1.165) is 37.9 Å². The highest BCUT2D eigenvalue weighted by atomic mass is 32.2. The number of sulfonamides is 1. The van der Waals surface area contributed by atoms with Gasteiger partial charge in [0.1, 0.15) is 12.4 Å². The molecule has 0 aliphatic carbocycles. The van der Waals surface area contributed by atoms with Gasteiger partial charge in [-0.05, 0) is 68.5 Å². The normalized spacial score (nSPS) is 21.1. The molecule has 1 aromatic heterocycles. The fourth-order valence-electron chi connectivity index (χ4n) is 5.57. The lowest BCUT2D eigenvalue weighted by atomic mass is 10.1. The monoisotopic (exact) mass is 503 g/mol. The van der Waals surface area contributed by atoms with Crippen molar-refractivity contribution in [1.29, 1.82) is 0 Å². The molecule has 0 N–H and O–H groups in total. The van der Waals surface area contributed by atoms with Crippen molar-refractivity contribution in [2.45, 2.75) is 70.0 Å². The highest BCUT2D eigenvalue weighted by Gasteiger charge is 2.36. The number of hydrogen-bond donors (Lipinski definition) is 0. The lowest BCUT2D eigenvalue weighted by Gasteiger charge is -2.37. The van der Waals surface area contributed by atoms with E-state index in [2.05, 4.69) is 23.8 Å². The third-order valence-electron chi connectivity index (χ3n) is 7.22. The molecule has 2 aliphatic rings. The number of amides is 1. The second kappa shape index (κ2) is 10.7. The van der Waals surface area contributed by atoms with E-state index in [9.17, 15) is 13.2 Å². The van der Waals surface area contributed by atoms with Crippen molar-refractivity contribution in [1.82, 2.24) is 13.8 Å². The number of aromatic nitrogens is 1. The Balaban J connectivity index is 1.43. The van der Waals surface area contributed by atoms with E-state index in [1.165, 1.54) is 0 Å². The third kappa shape index (κ3) is 5.13. The Labute approximate surface area is 208 Å². The van der Waals surface area contributed by atoms with E-state index in [0.29, 0.717) is 34.9 Å². The number of aryl methyl sites for hydroxylation is 2. The SMILES string of the molecule is CCC1c2cccn2CCN1C(=O)COCC1CCCCN1S(=O)(=O)c1c(C)cc(OC)cc1C. The van der Waals surface area contributed by atoms with Crippen molar-refractivity contribution >= 4 is 15.9 Å². The topological polar surface area (TPSA) is 81.1 Å². The van der Waals surface area contributed by atoms with Gasteiger partial charge < -0.3 is 18.9 Å². The molecular formula is C26H37N3O5S. The van der Waals surface area contributed by atoms with Crippen LogP contribution in [0.25, 0.3) is 0 Å². The molecule has 1 fully saturated rings. The molecule has 1 saturated heterocycles. The van der Waals surface area contributed by atoms with Gasteiger partial charge in [-0.15, -0.1) is 0 Å². The quantitative estimate of drug-likeness (QED) is 0.549. The van der Waals surface area contributed by atoms with E-state index < -0.39 is 10.0 Å². The van der Waals surface area contributed by atoms with Crippen LogP contribution in [0.15, 0.2) is 35.4 Å². The van der Waals surface area contributed by atoms with Gasteiger partial charge in [0.25, 0.3) is 0 Å². The van der Waals surface area contributed by atoms with E-state index in [4.69, 9.17) is 9.47 Å². The Bertz CT molecular complexity index is 1140. The van der Waals surface area contributed by atoms with Crippen LogP contribution in [0.1, 0.15) is 55.5 Å². The zero-order valence-corrected chi connectivity index (χ0v) is 22.0. The molecule has 8 nitrogen and oxygen atoms in total. The second-order valence-electron chi connectivity index (χ2n) is 9.51. The van der Waals surface area contributed by atoms with E-state index in [1.54, 1.807) is 37.4 Å². The summed E-state index contributed by atoms with van der Waals surface area (Å²) in [6.45, 7) is 7.74. The first-order valence-corrected chi connectivity index (χ1v) is 13.9.